The Morgan fingerprint density at radius 1 is 1.00 bits per heavy atom. The van der Waals surface area contributed by atoms with Gasteiger partial charge in [-0.25, -0.2) is 13.1 Å². The van der Waals surface area contributed by atoms with Crippen molar-refractivity contribution >= 4 is 25.8 Å². The molecule has 0 spiro atoms. The SMILES string of the molecule is NCCOCCOCCOCCn1nnc(CN2CCS(=O)(=O)CC2)c1Br. The highest BCUT2D eigenvalue weighted by molar-refractivity contribution is 9.10. The van der Waals surface area contributed by atoms with E-state index in [1.54, 1.807) is 4.68 Å². The minimum absolute atomic E-state index is 0.202. The minimum Gasteiger partial charge on any atom is -0.378 e. The Morgan fingerprint density at radius 2 is 1.59 bits per heavy atom. The summed E-state index contributed by atoms with van der Waals surface area (Å²) in [4.78, 5) is 2.07. The monoisotopic (exact) mass is 469 g/mol. The van der Waals surface area contributed by atoms with Gasteiger partial charge in [-0.3, -0.25) is 4.90 Å². The highest BCUT2D eigenvalue weighted by Gasteiger charge is 2.23. The lowest BCUT2D eigenvalue weighted by atomic mass is 10.4. The Balaban J connectivity index is 1.59. The van der Waals surface area contributed by atoms with Crippen LogP contribution in [0.2, 0.25) is 0 Å². The summed E-state index contributed by atoms with van der Waals surface area (Å²) in [5, 5.41) is 8.30. The summed E-state index contributed by atoms with van der Waals surface area (Å²) in [6.07, 6.45) is 0. The molecule has 10 nitrogen and oxygen atoms in total. The van der Waals surface area contributed by atoms with Gasteiger partial charge in [0.05, 0.1) is 57.7 Å². The van der Waals surface area contributed by atoms with Gasteiger partial charge in [-0.05, 0) is 15.9 Å². The van der Waals surface area contributed by atoms with Crippen LogP contribution >= 0.6 is 15.9 Å². The Bertz CT molecular complexity index is 643. The molecular weight excluding hydrogens is 442 g/mol. The van der Waals surface area contributed by atoms with E-state index in [2.05, 4.69) is 31.1 Å². The number of hydrogen-bond acceptors (Lipinski definition) is 9. The quantitative estimate of drug-likeness (QED) is 0.372. The summed E-state index contributed by atoms with van der Waals surface area (Å²) in [6.45, 7) is 5.84. The third-order valence-electron chi connectivity index (χ3n) is 4.00. The molecule has 0 aromatic carbocycles. The van der Waals surface area contributed by atoms with Crippen LogP contribution in [-0.2, 0) is 37.1 Å². The minimum atomic E-state index is -2.87. The maximum absolute atomic E-state index is 11.5. The molecule has 1 fully saturated rings. The molecule has 2 N–H and O–H groups in total. The number of halogens is 1. The number of rotatable bonds is 13. The van der Waals surface area contributed by atoms with Crippen LogP contribution in [0.3, 0.4) is 0 Å². The highest BCUT2D eigenvalue weighted by Crippen LogP contribution is 2.17. The van der Waals surface area contributed by atoms with E-state index in [0.29, 0.717) is 72.4 Å². The van der Waals surface area contributed by atoms with Gasteiger partial charge in [0.1, 0.15) is 10.3 Å². The topological polar surface area (TPSA) is 122 Å². The van der Waals surface area contributed by atoms with E-state index in [9.17, 15) is 8.42 Å². The number of nitrogens with zero attached hydrogens (tertiary/aromatic N) is 4. The van der Waals surface area contributed by atoms with Gasteiger partial charge in [0.15, 0.2) is 9.84 Å². The third-order valence-corrected chi connectivity index (χ3v) is 6.48. The summed E-state index contributed by atoms with van der Waals surface area (Å²) in [5.74, 6) is 0.404. The van der Waals surface area contributed by atoms with E-state index >= 15 is 0 Å². The molecule has 0 bridgehead atoms. The Hall–Kier alpha value is -0.630. The maximum atomic E-state index is 11.5. The molecule has 1 saturated heterocycles. The average molecular weight is 470 g/mol. The first-order chi connectivity index (χ1) is 13.0. The van der Waals surface area contributed by atoms with E-state index in [4.69, 9.17) is 19.9 Å². The van der Waals surface area contributed by atoms with Crippen LogP contribution in [0.1, 0.15) is 5.69 Å². The molecule has 0 saturated carbocycles. The van der Waals surface area contributed by atoms with Gasteiger partial charge in [-0.1, -0.05) is 5.21 Å². The number of sulfone groups is 1. The number of nitrogens with two attached hydrogens (primary N) is 1. The van der Waals surface area contributed by atoms with Crippen molar-refractivity contribution in [3.8, 4) is 0 Å². The van der Waals surface area contributed by atoms with Gasteiger partial charge < -0.3 is 19.9 Å². The summed E-state index contributed by atoms with van der Waals surface area (Å²) in [5.41, 5.74) is 6.12. The molecule has 2 rings (SSSR count). The van der Waals surface area contributed by atoms with Gasteiger partial charge in [0.2, 0.25) is 0 Å². The van der Waals surface area contributed by atoms with Crippen molar-refractivity contribution in [2.45, 2.75) is 13.1 Å². The molecule has 12 heteroatoms. The normalized spacial score (nSPS) is 17.4. The molecule has 0 atom stereocenters. The van der Waals surface area contributed by atoms with Crippen molar-refractivity contribution in [3.63, 3.8) is 0 Å². The zero-order valence-corrected chi connectivity index (χ0v) is 17.8. The molecule has 1 aromatic rings. The molecule has 156 valence electrons. The van der Waals surface area contributed by atoms with E-state index in [1.165, 1.54) is 0 Å². The molecule has 27 heavy (non-hydrogen) atoms. The summed E-state index contributed by atoms with van der Waals surface area (Å²) < 4.78 is 41.6. The molecule has 1 aliphatic heterocycles. The highest BCUT2D eigenvalue weighted by atomic mass is 79.9. The summed E-state index contributed by atoms with van der Waals surface area (Å²) >= 11 is 3.51. The lowest BCUT2D eigenvalue weighted by molar-refractivity contribution is 0.0140. The van der Waals surface area contributed by atoms with Crippen molar-refractivity contribution in [2.75, 3.05) is 70.8 Å². The third kappa shape index (κ3) is 8.50. The van der Waals surface area contributed by atoms with Crippen molar-refractivity contribution in [2.24, 2.45) is 5.73 Å². The fraction of sp³-hybridized carbons (Fsp3) is 0.867. The van der Waals surface area contributed by atoms with Gasteiger partial charge in [-0.2, -0.15) is 0 Å². The summed E-state index contributed by atoms with van der Waals surface area (Å²) in [7, 11) is -2.87. The Labute approximate surface area is 168 Å². The lowest BCUT2D eigenvalue weighted by Gasteiger charge is -2.25. The number of ether oxygens (including phenoxy) is 3. The average Bonchev–Trinajstić information content (AvgIpc) is 2.98. The predicted octanol–water partition coefficient (Wildman–Crippen LogP) is -0.720. The lowest BCUT2D eigenvalue weighted by Crippen LogP contribution is -2.39. The van der Waals surface area contributed by atoms with Crippen LogP contribution in [0.5, 0.6) is 0 Å². The van der Waals surface area contributed by atoms with Crippen LogP contribution in [-0.4, -0.2) is 99.1 Å². The molecular formula is C15H28BrN5O5S. The smallest absolute Gasteiger partial charge is 0.152 e. The largest absolute Gasteiger partial charge is 0.378 e. The first-order valence-corrected chi connectivity index (χ1v) is 11.6. The fourth-order valence-corrected chi connectivity index (χ4v) is 4.20. The van der Waals surface area contributed by atoms with Crippen molar-refractivity contribution in [3.05, 3.63) is 10.3 Å². The standard InChI is InChI=1S/C15H28BrN5O5S/c16-15-14(13-20-3-11-27(22,23)12-4-20)18-19-21(15)2-6-25-8-10-26-9-7-24-5-1-17/h1-13,17H2. The molecule has 0 unspecified atom stereocenters. The second-order valence-electron chi connectivity index (χ2n) is 6.10. The second-order valence-corrected chi connectivity index (χ2v) is 9.16. The van der Waals surface area contributed by atoms with Crippen molar-refractivity contribution in [1.82, 2.24) is 19.9 Å². The second kappa shape index (κ2) is 12.0. The van der Waals surface area contributed by atoms with Gasteiger partial charge in [-0.15, -0.1) is 5.10 Å². The molecule has 0 radical (unpaired) electrons. The van der Waals surface area contributed by atoms with Crippen molar-refractivity contribution in [1.29, 1.82) is 0 Å². The van der Waals surface area contributed by atoms with Gasteiger partial charge in [0.25, 0.3) is 0 Å². The first kappa shape index (κ1) is 22.7. The molecule has 0 aliphatic carbocycles. The van der Waals surface area contributed by atoms with Crippen LogP contribution < -0.4 is 5.73 Å². The molecule has 0 amide bonds. The number of aromatic nitrogens is 3. The number of hydrogen-bond donors (Lipinski definition) is 1. The predicted molar refractivity (Wildman–Crippen MR) is 103 cm³/mol. The van der Waals surface area contributed by atoms with Crippen LogP contribution in [0.15, 0.2) is 4.60 Å². The van der Waals surface area contributed by atoms with Crippen LogP contribution in [0.25, 0.3) is 0 Å². The zero-order valence-electron chi connectivity index (χ0n) is 15.4. The fourth-order valence-electron chi connectivity index (χ4n) is 2.47. The molecule has 1 aromatic heterocycles. The van der Waals surface area contributed by atoms with Gasteiger partial charge in [0, 0.05) is 26.2 Å². The first-order valence-electron chi connectivity index (χ1n) is 8.96. The molecule has 1 aliphatic rings. The van der Waals surface area contributed by atoms with Gasteiger partial charge >= 0.3 is 0 Å². The van der Waals surface area contributed by atoms with E-state index in [-0.39, 0.29) is 11.5 Å². The zero-order chi connectivity index (χ0) is 19.5. The van der Waals surface area contributed by atoms with Crippen molar-refractivity contribution < 1.29 is 22.6 Å². The van der Waals surface area contributed by atoms with E-state index in [1.807, 2.05) is 0 Å². The summed E-state index contributed by atoms with van der Waals surface area (Å²) in [6, 6.07) is 0. The molecule has 2 heterocycles. The Kier molecular flexibility index (Phi) is 10.1. The van der Waals surface area contributed by atoms with Crippen LogP contribution in [0.4, 0.5) is 0 Å². The van der Waals surface area contributed by atoms with Crippen LogP contribution in [0, 0.1) is 0 Å². The van der Waals surface area contributed by atoms with E-state index < -0.39 is 9.84 Å². The van der Waals surface area contributed by atoms with E-state index in [0.717, 1.165) is 10.3 Å². The maximum Gasteiger partial charge on any atom is 0.152 e. The Morgan fingerprint density at radius 3 is 2.22 bits per heavy atom.